The van der Waals surface area contributed by atoms with E-state index in [0.29, 0.717) is 40.5 Å². The molecule has 1 amide bonds. The van der Waals surface area contributed by atoms with Crippen molar-refractivity contribution >= 4 is 33.4 Å². The van der Waals surface area contributed by atoms with Gasteiger partial charge in [0.25, 0.3) is 0 Å². The van der Waals surface area contributed by atoms with Crippen LogP contribution in [0.5, 0.6) is 0 Å². The Morgan fingerprint density at radius 3 is 2.81 bits per heavy atom. The van der Waals surface area contributed by atoms with Gasteiger partial charge < -0.3 is 9.73 Å². The Balaban J connectivity index is 1.45. The van der Waals surface area contributed by atoms with Crippen molar-refractivity contribution in [3.63, 3.8) is 0 Å². The molecule has 0 fully saturated rings. The Morgan fingerprint density at radius 1 is 1.22 bits per heavy atom. The molecule has 7 heteroatoms. The van der Waals surface area contributed by atoms with Crippen LogP contribution in [0.15, 0.2) is 57.6 Å². The Morgan fingerprint density at radius 2 is 2.04 bits per heavy atom. The van der Waals surface area contributed by atoms with Crippen molar-refractivity contribution in [3.8, 4) is 11.3 Å². The first-order valence-electron chi connectivity index (χ1n) is 8.43. The third-order valence-electron chi connectivity index (χ3n) is 3.98. The number of hydrogen-bond donors (Lipinski definition) is 1. The van der Waals surface area contributed by atoms with Gasteiger partial charge in [-0.15, -0.1) is 0 Å². The lowest BCUT2D eigenvalue weighted by Crippen LogP contribution is -2.25. The number of amides is 1. The van der Waals surface area contributed by atoms with Crippen LogP contribution in [0.2, 0.25) is 5.02 Å². The first-order valence-corrected chi connectivity index (χ1v) is 9.60. The van der Waals surface area contributed by atoms with Crippen LogP contribution in [-0.4, -0.2) is 17.4 Å². The Hall–Kier alpha value is -2.18. The number of aryl methyl sites for hydroxylation is 1. The van der Waals surface area contributed by atoms with Crippen LogP contribution in [0.3, 0.4) is 0 Å². The summed E-state index contributed by atoms with van der Waals surface area (Å²) >= 11 is 9.30. The highest BCUT2D eigenvalue weighted by atomic mass is 79.9. The van der Waals surface area contributed by atoms with E-state index in [-0.39, 0.29) is 18.1 Å². The number of carbonyl (C=O) groups excluding carboxylic acids is 1. The predicted octanol–water partition coefficient (Wildman–Crippen LogP) is 5.19. The van der Waals surface area contributed by atoms with Gasteiger partial charge in [-0.05, 0) is 52.2 Å². The average Bonchev–Trinajstić information content (AvgIpc) is 3.12. The minimum absolute atomic E-state index is 0.0892. The first-order chi connectivity index (χ1) is 13.0. The first kappa shape index (κ1) is 19.6. The fourth-order valence-corrected chi connectivity index (χ4v) is 3.22. The Bertz CT molecular complexity index is 945. The third kappa shape index (κ3) is 5.40. The average molecular weight is 452 g/mol. The number of nitrogens with one attached hydrogen (secondary N) is 1. The lowest BCUT2D eigenvalue weighted by Gasteiger charge is -2.05. The maximum Gasteiger partial charge on any atom is 0.220 e. The van der Waals surface area contributed by atoms with Crippen LogP contribution in [-0.2, 0) is 17.6 Å². The summed E-state index contributed by atoms with van der Waals surface area (Å²) in [6.45, 7) is 0.480. The van der Waals surface area contributed by atoms with Gasteiger partial charge in [-0.3, -0.25) is 4.79 Å². The maximum atomic E-state index is 13.2. The summed E-state index contributed by atoms with van der Waals surface area (Å²) in [4.78, 5) is 16.2. The van der Waals surface area contributed by atoms with Gasteiger partial charge in [-0.1, -0.05) is 29.8 Å². The van der Waals surface area contributed by atoms with E-state index in [1.807, 2.05) is 18.2 Å². The van der Waals surface area contributed by atoms with E-state index in [4.69, 9.17) is 16.0 Å². The summed E-state index contributed by atoms with van der Waals surface area (Å²) < 4.78 is 19.3. The molecular weight excluding hydrogens is 435 g/mol. The number of carbonyl (C=O) groups is 1. The molecule has 0 aliphatic carbocycles. The molecule has 0 radical (unpaired) electrons. The molecular formula is C20H17BrClFN2O2. The van der Waals surface area contributed by atoms with Gasteiger partial charge >= 0.3 is 0 Å². The van der Waals surface area contributed by atoms with Crippen LogP contribution in [0.4, 0.5) is 4.39 Å². The summed E-state index contributed by atoms with van der Waals surface area (Å²) in [5.74, 6) is 0.680. The quantitative estimate of drug-likeness (QED) is 0.538. The van der Waals surface area contributed by atoms with Gasteiger partial charge in [0.05, 0.1) is 15.7 Å². The van der Waals surface area contributed by atoms with Gasteiger partial charge in [-0.25, -0.2) is 9.37 Å². The standard InChI is InChI=1S/C20H17BrClFN2O2/c21-15-11-13(5-6-17(15)23)9-10-24-19(26)7-8-20-25-12-18(27-20)14-3-1-2-4-16(14)22/h1-6,11-12H,7-10H2,(H,24,26). The van der Waals surface area contributed by atoms with Crippen LogP contribution >= 0.6 is 27.5 Å². The van der Waals surface area contributed by atoms with Crippen molar-refractivity contribution in [1.82, 2.24) is 10.3 Å². The highest BCUT2D eigenvalue weighted by Gasteiger charge is 2.11. The molecule has 0 unspecified atom stereocenters. The second-order valence-corrected chi connectivity index (χ2v) is 7.21. The minimum atomic E-state index is -0.301. The third-order valence-corrected chi connectivity index (χ3v) is 4.92. The van der Waals surface area contributed by atoms with E-state index < -0.39 is 0 Å². The molecule has 3 rings (SSSR count). The van der Waals surface area contributed by atoms with Crippen LogP contribution in [0.1, 0.15) is 17.9 Å². The summed E-state index contributed by atoms with van der Waals surface area (Å²) in [5, 5.41) is 3.43. The van der Waals surface area contributed by atoms with Crippen molar-refractivity contribution in [1.29, 1.82) is 0 Å². The van der Waals surface area contributed by atoms with E-state index in [0.717, 1.165) is 11.1 Å². The molecule has 4 nitrogen and oxygen atoms in total. The SMILES string of the molecule is O=C(CCc1ncc(-c2ccccc2Cl)o1)NCCc1ccc(F)c(Br)c1. The smallest absolute Gasteiger partial charge is 0.220 e. The Kier molecular flexibility index (Phi) is 6.63. The summed E-state index contributed by atoms with van der Waals surface area (Å²) in [6.07, 6.45) is 2.91. The van der Waals surface area contributed by atoms with Gasteiger partial charge in [-0.2, -0.15) is 0 Å². The molecule has 0 aliphatic heterocycles. The molecule has 0 saturated heterocycles. The molecule has 3 aromatic rings. The Labute approximate surface area is 169 Å². The molecule has 0 aliphatic rings. The molecule has 140 valence electrons. The van der Waals surface area contributed by atoms with Crippen molar-refractivity contribution < 1.29 is 13.6 Å². The second kappa shape index (κ2) is 9.15. The van der Waals surface area contributed by atoms with Crippen molar-refractivity contribution in [2.24, 2.45) is 0 Å². The second-order valence-electron chi connectivity index (χ2n) is 5.95. The highest BCUT2D eigenvalue weighted by molar-refractivity contribution is 9.10. The monoisotopic (exact) mass is 450 g/mol. The topological polar surface area (TPSA) is 55.1 Å². The van der Waals surface area contributed by atoms with Crippen LogP contribution in [0, 0.1) is 5.82 Å². The summed E-state index contributed by atoms with van der Waals surface area (Å²) in [7, 11) is 0. The van der Waals surface area contributed by atoms with E-state index in [2.05, 4.69) is 26.2 Å². The number of oxazole rings is 1. The zero-order chi connectivity index (χ0) is 19.2. The number of benzene rings is 2. The number of rotatable bonds is 7. The van der Waals surface area contributed by atoms with Crippen molar-refractivity contribution in [3.05, 3.63) is 75.4 Å². The zero-order valence-electron chi connectivity index (χ0n) is 14.3. The summed E-state index contributed by atoms with van der Waals surface area (Å²) in [6, 6.07) is 12.2. The molecule has 27 heavy (non-hydrogen) atoms. The van der Waals surface area contributed by atoms with Crippen LogP contribution < -0.4 is 5.32 Å². The molecule has 0 atom stereocenters. The maximum absolute atomic E-state index is 13.2. The normalized spacial score (nSPS) is 10.8. The lowest BCUT2D eigenvalue weighted by atomic mass is 10.1. The largest absolute Gasteiger partial charge is 0.441 e. The van der Waals surface area contributed by atoms with Gasteiger partial charge in [0.15, 0.2) is 11.7 Å². The molecule has 2 aromatic carbocycles. The zero-order valence-corrected chi connectivity index (χ0v) is 16.7. The van der Waals surface area contributed by atoms with E-state index in [9.17, 15) is 9.18 Å². The number of hydrogen-bond acceptors (Lipinski definition) is 3. The van der Waals surface area contributed by atoms with E-state index in [1.165, 1.54) is 6.07 Å². The molecule has 1 N–H and O–H groups in total. The molecule has 0 bridgehead atoms. The minimum Gasteiger partial charge on any atom is -0.441 e. The van der Waals surface area contributed by atoms with Crippen molar-refractivity contribution in [2.75, 3.05) is 6.54 Å². The predicted molar refractivity (Wildman–Crippen MR) is 106 cm³/mol. The lowest BCUT2D eigenvalue weighted by molar-refractivity contribution is -0.121. The van der Waals surface area contributed by atoms with E-state index >= 15 is 0 Å². The molecule has 0 saturated carbocycles. The van der Waals surface area contributed by atoms with Gasteiger partial charge in [0.2, 0.25) is 5.91 Å². The number of aromatic nitrogens is 1. The molecule has 1 heterocycles. The molecule has 1 aromatic heterocycles. The highest BCUT2D eigenvalue weighted by Crippen LogP contribution is 2.28. The van der Waals surface area contributed by atoms with Gasteiger partial charge in [0, 0.05) is 24.9 Å². The van der Waals surface area contributed by atoms with Crippen LogP contribution in [0.25, 0.3) is 11.3 Å². The van der Waals surface area contributed by atoms with Crippen molar-refractivity contribution in [2.45, 2.75) is 19.3 Å². The summed E-state index contributed by atoms with van der Waals surface area (Å²) in [5.41, 5.74) is 1.72. The number of halogens is 3. The fourth-order valence-electron chi connectivity index (χ4n) is 2.56. The fraction of sp³-hybridized carbons (Fsp3) is 0.200. The number of nitrogens with zero attached hydrogens (tertiary/aromatic N) is 1. The molecule has 0 spiro atoms. The van der Waals surface area contributed by atoms with E-state index in [1.54, 1.807) is 24.4 Å². The van der Waals surface area contributed by atoms with Gasteiger partial charge in [0.1, 0.15) is 5.82 Å².